The van der Waals surface area contributed by atoms with Crippen molar-refractivity contribution in [2.45, 2.75) is 26.8 Å². The highest BCUT2D eigenvalue weighted by molar-refractivity contribution is 5.43. The standard InChI is InChI=1S/C15H26N4/c1-3-7-16-15-14(6-5-8-17-15)13-19-11-9-18(4-2)10-12-19/h5-6,8H,3-4,7,9-13H2,1-2H3,(H,16,17). The first-order chi connectivity index (χ1) is 9.33. The van der Waals surface area contributed by atoms with Crippen LogP contribution in [0, 0.1) is 0 Å². The normalized spacial score (nSPS) is 17.6. The Labute approximate surface area is 116 Å². The van der Waals surface area contributed by atoms with Gasteiger partial charge in [0, 0.05) is 51.0 Å². The summed E-state index contributed by atoms with van der Waals surface area (Å²) in [5, 5.41) is 3.42. The molecule has 19 heavy (non-hydrogen) atoms. The molecule has 4 heteroatoms. The predicted molar refractivity (Wildman–Crippen MR) is 80.4 cm³/mol. The quantitative estimate of drug-likeness (QED) is 0.850. The van der Waals surface area contributed by atoms with Gasteiger partial charge in [0.1, 0.15) is 5.82 Å². The summed E-state index contributed by atoms with van der Waals surface area (Å²) in [5.74, 6) is 1.06. The van der Waals surface area contributed by atoms with Gasteiger partial charge in [-0.3, -0.25) is 4.90 Å². The Bertz CT molecular complexity index is 372. The molecule has 0 spiro atoms. The summed E-state index contributed by atoms with van der Waals surface area (Å²) >= 11 is 0. The van der Waals surface area contributed by atoms with Gasteiger partial charge < -0.3 is 10.2 Å². The van der Waals surface area contributed by atoms with Crippen LogP contribution in [0.25, 0.3) is 0 Å². The number of pyridine rings is 1. The molecule has 0 aromatic carbocycles. The van der Waals surface area contributed by atoms with E-state index >= 15 is 0 Å². The lowest BCUT2D eigenvalue weighted by Crippen LogP contribution is -2.45. The van der Waals surface area contributed by atoms with Gasteiger partial charge in [-0.05, 0) is 19.0 Å². The Balaban J connectivity index is 1.91. The van der Waals surface area contributed by atoms with Gasteiger partial charge in [0.25, 0.3) is 0 Å². The zero-order valence-corrected chi connectivity index (χ0v) is 12.2. The van der Waals surface area contributed by atoms with Gasteiger partial charge in [0.2, 0.25) is 0 Å². The van der Waals surface area contributed by atoms with E-state index in [9.17, 15) is 0 Å². The minimum Gasteiger partial charge on any atom is -0.370 e. The van der Waals surface area contributed by atoms with Crippen LogP contribution in [0.2, 0.25) is 0 Å². The van der Waals surface area contributed by atoms with Crippen LogP contribution >= 0.6 is 0 Å². The number of aromatic nitrogens is 1. The highest BCUT2D eigenvalue weighted by Gasteiger charge is 2.16. The Kier molecular flexibility index (Phi) is 5.61. The van der Waals surface area contributed by atoms with E-state index in [-0.39, 0.29) is 0 Å². The maximum Gasteiger partial charge on any atom is 0.130 e. The van der Waals surface area contributed by atoms with Gasteiger partial charge >= 0.3 is 0 Å². The third-order valence-electron chi connectivity index (χ3n) is 3.74. The lowest BCUT2D eigenvalue weighted by Gasteiger charge is -2.34. The lowest BCUT2D eigenvalue weighted by molar-refractivity contribution is 0.132. The molecule has 1 fully saturated rings. The molecular formula is C15H26N4. The van der Waals surface area contributed by atoms with Crippen LogP contribution in [-0.4, -0.2) is 54.1 Å². The summed E-state index contributed by atoms with van der Waals surface area (Å²) in [4.78, 5) is 9.50. The van der Waals surface area contributed by atoms with Crippen molar-refractivity contribution in [3.8, 4) is 0 Å². The summed E-state index contributed by atoms with van der Waals surface area (Å²) < 4.78 is 0. The molecular weight excluding hydrogens is 236 g/mol. The molecule has 0 unspecified atom stereocenters. The zero-order chi connectivity index (χ0) is 13.5. The SMILES string of the molecule is CCCNc1ncccc1CN1CCN(CC)CC1. The summed E-state index contributed by atoms with van der Waals surface area (Å²) in [5.41, 5.74) is 1.32. The summed E-state index contributed by atoms with van der Waals surface area (Å²) in [6.45, 7) is 12.3. The maximum absolute atomic E-state index is 4.46. The number of likely N-dealkylation sites (N-methyl/N-ethyl adjacent to an activating group) is 1. The molecule has 0 atom stereocenters. The molecule has 1 aliphatic rings. The molecule has 1 aromatic heterocycles. The van der Waals surface area contributed by atoms with Crippen molar-refractivity contribution < 1.29 is 0 Å². The van der Waals surface area contributed by atoms with Crippen molar-refractivity contribution in [3.05, 3.63) is 23.9 Å². The first-order valence-corrected chi connectivity index (χ1v) is 7.46. The highest BCUT2D eigenvalue weighted by Crippen LogP contribution is 2.15. The number of rotatable bonds is 6. The fraction of sp³-hybridized carbons (Fsp3) is 0.667. The summed E-state index contributed by atoms with van der Waals surface area (Å²) in [6.07, 6.45) is 3.00. The van der Waals surface area contributed by atoms with E-state index < -0.39 is 0 Å². The Morgan fingerprint density at radius 3 is 2.58 bits per heavy atom. The number of hydrogen-bond donors (Lipinski definition) is 1. The molecule has 0 bridgehead atoms. The molecule has 2 rings (SSSR count). The second kappa shape index (κ2) is 7.46. The first-order valence-electron chi connectivity index (χ1n) is 7.46. The number of hydrogen-bond acceptors (Lipinski definition) is 4. The Morgan fingerprint density at radius 2 is 1.89 bits per heavy atom. The van der Waals surface area contributed by atoms with Crippen LogP contribution in [0.4, 0.5) is 5.82 Å². The zero-order valence-electron chi connectivity index (χ0n) is 12.2. The number of piperazine rings is 1. The van der Waals surface area contributed by atoms with Gasteiger partial charge in [-0.25, -0.2) is 4.98 Å². The van der Waals surface area contributed by atoms with Crippen LogP contribution in [0.5, 0.6) is 0 Å². The average molecular weight is 262 g/mol. The fourth-order valence-electron chi connectivity index (χ4n) is 2.47. The molecule has 1 N–H and O–H groups in total. The molecule has 1 saturated heterocycles. The molecule has 1 aromatic rings. The molecule has 4 nitrogen and oxygen atoms in total. The van der Waals surface area contributed by atoms with Crippen LogP contribution < -0.4 is 5.32 Å². The van der Waals surface area contributed by atoms with Crippen molar-refractivity contribution >= 4 is 5.82 Å². The van der Waals surface area contributed by atoms with Gasteiger partial charge in [-0.15, -0.1) is 0 Å². The molecule has 106 valence electrons. The van der Waals surface area contributed by atoms with Gasteiger partial charge in [-0.2, -0.15) is 0 Å². The predicted octanol–water partition coefficient (Wildman–Crippen LogP) is 2.04. The molecule has 2 heterocycles. The van der Waals surface area contributed by atoms with Crippen molar-refractivity contribution in [2.24, 2.45) is 0 Å². The first kappa shape index (κ1) is 14.3. The third-order valence-corrected chi connectivity index (χ3v) is 3.74. The van der Waals surface area contributed by atoms with Crippen molar-refractivity contribution in [1.29, 1.82) is 0 Å². The third kappa shape index (κ3) is 4.18. The largest absolute Gasteiger partial charge is 0.370 e. The highest BCUT2D eigenvalue weighted by atomic mass is 15.3. The monoisotopic (exact) mass is 262 g/mol. The van der Waals surface area contributed by atoms with Gasteiger partial charge in [0.05, 0.1) is 0 Å². The topological polar surface area (TPSA) is 31.4 Å². The number of anilines is 1. The summed E-state index contributed by atoms with van der Waals surface area (Å²) in [7, 11) is 0. The van der Waals surface area contributed by atoms with E-state index in [4.69, 9.17) is 0 Å². The molecule has 0 radical (unpaired) electrons. The van der Waals surface area contributed by atoms with Crippen LogP contribution in [-0.2, 0) is 6.54 Å². The molecule has 0 saturated carbocycles. The molecule has 0 amide bonds. The number of nitrogens with zero attached hydrogens (tertiary/aromatic N) is 3. The van der Waals surface area contributed by atoms with Crippen LogP contribution in [0.15, 0.2) is 18.3 Å². The average Bonchev–Trinajstić information content (AvgIpc) is 2.47. The van der Waals surface area contributed by atoms with E-state index in [0.717, 1.165) is 38.4 Å². The lowest BCUT2D eigenvalue weighted by atomic mass is 10.2. The van der Waals surface area contributed by atoms with E-state index in [1.165, 1.54) is 25.2 Å². The van der Waals surface area contributed by atoms with E-state index in [0.29, 0.717) is 0 Å². The van der Waals surface area contributed by atoms with Gasteiger partial charge in [0.15, 0.2) is 0 Å². The minimum absolute atomic E-state index is 0.994. The minimum atomic E-state index is 0.994. The second-order valence-corrected chi connectivity index (χ2v) is 5.15. The molecule has 0 aliphatic carbocycles. The van der Waals surface area contributed by atoms with E-state index in [1.54, 1.807) is 0 Å². The Hall–Kier alpha value is -1.13. The van der Waals surface area contributed by atoms with Crippen molar-refractivity contribution in [2.75, 3.05) is 44.6 Å². The van der Waals surface area contributed by atoms with Gasteiger partial charge in [-0.1, -0.05) is 19.9 Å². The smallest absolute Gasteiger partial charge is 0.130 e. The Morgan fingerprint density at radius 1 is 1.16 bits per heavy atom. The van der Waals surface area contributed by atoms with E-state index in [2.05, 4.69) is 40.0 Å². The maximum atomic E-state index is 4.46. The number of nitrogens with one attached hydrogen (secondary N) is 1. The van der Waals surface area contributed by atoms with Crippen LogP contribution in [0.3, 0.4) is 0 Å². The van der Waals surface area contributed by atoms with Crippen molar-refractivity contribution in [1.82, 2.24) is 14.8 Å². The molecule has 1 aliphatic heterocycles. The fourth-order valence-corrected chi connectivity index (χ4v) is 2.47. The van der Waals surface area contributed by atoms with Crippen LogP contribution in [0.1, 0.15) is 25.8 Å². The van der Waals surface area contributed by atoms with E-state index in [1.807, 2.05) is 12.3 Å². The van der Waals surface area contributed by atoms with Crippen molar-refractivity contribution in [3.63, 3.8) is 0 Å². The summed E-state index contributed by atoms with van der Waals surface area (Å²) in [6, 6.07) is 4.23. The second-order valence-electron chi connectivity index (χ2n) is 5.15.